The summed E-state index contributed by atoms with van der Waals surface area (Å²) in [5, 5.41) is 13.7. The Balaban J connectivity index is 1.42. The third-order valence-corrected chi connectivity index (χ3v) is 5.82. The standard InChI is InChI=1S/C23H18ClN5O5/c24-15-12-14(26-20(30)16-4-1-2-8-25-16)6-7-17(15)29-21(31)18-13-27(9-10-28(18)23(29)33)22(32)19-5-3-11-34-19/h1-8,11-12,31H,9-10,13H2,(H,26,30). The summed E-state index contributed by atoms with van der Waals surface area (Å²) in [6.45, 7) is 0.516. The highest BCUT2D eigenvalue weighted by Crippen LogP contribution is 2.30. The molecule has 4 heterocycles. The van der Waals surface area contributed by atoms with Gasteiger partial charge in [0.05, 0.1) is 23.5 Å². The van der Waals surface area contributed by atoms with Gasteiger partial charge in [-0.15, -0.1) is 0 Å². The first-order chi connectivity index (χ1) is 16.4. The molecule has 1 aromatic carbocycles. The van der Waals surface area contributed by atoms with Crippen LogP contribution in [0.5, 0.6) is 5.88 Å². The largest absolute Gasteiger partial charge is 0.493 e. The van der Waals surface area contributed by atoms with E-state index in [1.807, 2.05) is 0 Å². The monoisotopic (exact) mass is 479 g/mol. The van der Waals surface area contributed by atoms with Gasteiger partial charge in [0.1, 0.15) is 11.4 Å². The van der Waals surface area contributed by atoms with Gasteiger partial charge in [-0.2, -0.15) is 0 Å². The van der Waals surface area contributed by atoms with Gasteiger partial charge in [-0.1, -0.05) is 17.7 Å². The molecule has 0 saturated heterocycles. The van der Waals surface area contributed by atoms with E-state index in [0.29, 0.717) is 11.4 Å². The third-order valence-electron chi connectivity index (χ3n) is 5.52. The Morgan fingerprint density at radius 3 is 2.68 bits per heavy atom. The van der Waals surface area contributed by atoms with Gasteiger partial charge in [0.25, 0.3) is 11.8 Å². The minimum Gasteiger partial charge on any atom is -0.493 e. The second-order valence-electron chi connectivity index (χ2n) is 7.58. The maximum Gasteiger partial charge on any atom is 0.336 e. The molecule has 0 aliphatic carbocycles. The first-order valence-electron chi connectivity index (χ1n) is 10.3. The molecule has 0 spiro atoms. The van der Waals surface area contributed by atoms with Gasteiger partial charge in [-0.3, -0.25) is 19.1 Å². The van der Waals surface area contributed by atoms with Gasteiger partial charge in [0, 0.05) is 25.0 Å². The van der Waals surface area contributed by atoms with Crippen molar-refractivity contribution in [2.45, 2.75) is 13.1 Å². The summed E-state index contributed by atoms with van der Waals surface area (Å²) in [5.74, 6) is -0.873. The van der Waals surface area contributed by atoms with Crippen LogP contribution in [0, 0.1) is 0 Å². The quantitative estimate of drug-likeness (QED) is 0.464. The highest BCUT2D eigenvalue weighted by atomic mass is 35.5. The van der Waals surface area contributed by atoms with Crippen molar-refractivity contribution >= 4 is 29.1 Å². The Hall–Kier alpha value is -4.31. The van der Waals surface area contributed by atoms with Crippen LogP contribution in [0.4, 0.5) is 5.69 Å². The number of aromatic hydroxyl groups is 1. The highest BCUT2D eigenvalue weighted by molar-refractivity contribution is 6.32. The zero-order chi connectivity index (χ0) is 23.8. The lowest BCUT2D eigenvalue weighted by Crippen LogP contribution is -2.40. The van der Waals surface area contributed by atoms with E-state index in [4.69, 9.17) is 16.0 Å². The molecular weight excluding hydrogens is 462 g/mol. The van der Waals surface area contributed by atoms with Crippen LogP contribution >= 0.6 is 11.6 Å². The molecule has 0 bridgehead atoms. The summed E-state index contributed by atoms with van der Waals surface area (Å²) >= 11 is 6.42. The molecule has 0 unspecified atom stereocenters. The van der Waals surface area contributed by atoms with E-state index < -0.39 is 11.6 Å². The van der Waals surface area contributed by atoms with Crippen LogP contribution in [-0.2, 0) is 13.1 Å². The number of imidazole rings is 1. The number of benzene rings is 1. The molecule has 2 amide bonds. The number of hydrogen-bond donors (Lipinski definition) is 2. The van der Waals surface area contributed by atoms with Crippen molar-refractivity contribution in [3.8, 4) is 11.6 Å². The van der Waals surface area contributed by atoms with E-state index in [9.17, 15) is 19.5 Å². The number of rotatable bonds is 4. The van der Waals surface area contributed by atoms with Crippen molar-refractivity contribution in [3.63, 3.8) is 0 Å². The number of carbonyl (C=O) groups excluding carboxylic acids is 2. The Bertz CT molecular complexity index is 1440. The maximum atomic E-state index is 13.0. The summed E-state index contributed by atoms with van der Waals surface area (Å²) in [4.78, 5) is 43.5. The van der Waals surface area contributed by atoms with Gasteiger partial charge >= 0.3 is 5.69 Å². The summed E-state index contributed by atoms with van der Waals surface area (Å²) in [6, 6.07) is 12.7. The number of nitrogens with zero attached hydrogens (tertiary/aromatic N) is 4. The highest BCUT2D eigenvalue weighted by Gasteiger charge is 2.30. The van der Waals surface area contributed by atoms with Crippen molar-refractivity contribution in [3.05, 3.63) is 93.6 Å². The number of anilines is 1. The van der Waals surface area contributed by atoms with Crippen molar-refractivity contribution in [1.29, 1.82) is 0 Å². The number of aromatic nitrogens is 3. The molecule has 11 heteroatoms. The zero-order valence-electron chi connectivity index (χ0n) is 17.6. The van der Waals surface area contributed by atoms with Gasteiger partial charge in [-0.25, -0.2) is 9.36 Å². The smallest absolute Gasteiger partial charge is 0.336 e. The Morgan fingerprint density at radius 2 is 1.97 bits per heavy atom. The van der Waals surface area contributed by atoms with Gasteiger partial charge < -0.3 is 19.7 Å². The van der Waals surface area contributed by atoms with Crippen LogP contribution in [-0.4, -0.2) is 42.5 Å². The average Bonchev–Trinajstić information content (AvgIpc) is 3.47. The molecule has 10 nitrogen and oxygen atoms in total. The van der Waals surface area contributed by atoms with Crippen LogP contribution in [0.2, 0.25) is 5.02 Å². The number of hydrogen-bond acceptors (Lipinski definition) is 6. The van der Waals surface area contributed by atoms with Crippen LogP contribution < -0.4 is 11.0 Å². The summed E-state index contributed by atoms with van der Waals surface area (Å²) in [6.07, 6.45) is 2.92. The molecule has 5 rings (SSSR count). The number of furan rings is 1. The lowest BCUT2D eigenvalue weighted by atomic mass is 10.2. The lowest BCUT2D eigenvalue weighted by Gasteiger charge is -2.26. The molecule has 0 fully saturated rings. The van der Waals surface area contributed by atoms with Crippen molar-refractivity contribution in [1.82, 2.24) is 19.0 Å². The van der Waals surface area contributed by atoms with Crippen LogP contribution in [0.1, 0.15) is 26.7 Å². The molecule has 2 N–H and O–H groups in total. The molecule has 0 atom stereocenters. The molecule has 1 aliphatic heterocycles. The maximum absolute atomic E-state index is 13.0. The van der Waals surface area contributed by atoms with Gasteiger partial charge in [-0.05, 0) is 42.5 Å². The molecule has 1 aliphatic rings. The predicted molar refractivity (Wildman–Crippen MR) is 122 cm³/mol. The fraction of sp³-hybridized carbons (Fsp3) is 0.130. The number of carbonyl (C=O) groups is 2. The topological polar surface area (TPSA) is 123 Å². The fourth-order valence-electron chi connectivity index (χ4n) is 3.85. The number of amides is 2. The van der Waals surface area contributed by atoms with Crippen LogP contribution in [0.25, 0.3) is 5.69 Å². The summed E-state index contributed by atoms with van der Waals surface area (Å²) < 4.78 is 7.67. The van der Waals surface area contributed by atoms with E-state index in [1.54, 1.807) is 36.4 Å². The van der Waals surface area contributed by atoms with E-state index in [2.05, 4.69) is 10.3 Å². The van der Waals surface area contributed by atoms with Crippen LogP contribution in [0.15, 0.2) is 70.2 Å². The minimum absolute atomic E-state index is 0.0312. The van der Waals surface area contributed by atoms with Gasteiger partial charge in [0.2, 0.25) is 5.88 Å². The number of nitrogens with one attached hydrogen (secondary N) is 1. The number of halogens is 1. The van der Waals surface area contributed by atoms with E-state index in [1.165, 1.54) is 34.1 Å². The van der Waals surface area contributed by atoms with Crippen LogP contribution in [0.3, 0.4) is 0 Å². The molecular formula is C23H18ClN5O5. The molecule has 4 aromatic rings. The summed E-state index contributed by atoms with van der Waals surface area (Å²) in [7, 11) is 0. The third kappa shape index (κ3) is 3.73. The Kier molecular flexibility index (Phi) is 5.42. The second kappa shape index (κ2) is 8.56. The van der Waals surface area contributed by atoms with E-state index in [0.717, 1.165) is 4.57 Å². The average molecular weight is 480 g/mol. The van der Waals surface area contributed by atoms with Crippen molar-refractivity contribution in [2.24, 2.45) is 0 Å². The Labute approximate surface area is 197 Å². The first kappa shape index (κ1) is 21.5. The number of fused-ring (bicyclic) bond motifs is 1. The van der Waals surface area contributed by atoms with E-state index in [-0.39, 0.29) is 53.6 Å². The van der Waals surface area contributed by atoms with Crippen molar-refractivity contribution < 1.29 is 19.1 Å². The molecule has 34 heavy (non-hydrogen) atoms. The SMILES string of the molecule is O=C(Nc1ccc(-n2c(O)c3n(c2=O)CCN(C(=O)c2ccco2)C3)c(Cl)c1)c1ccccn1. The second-order valence-corrected chi connectivity index (χ2v) is 7.99. The minimum atomic E-state index is -0.482. The molecule has 172 valence electrons. The molecule has 3 aromatic heterocycles. The Morgan fingerprint density at radius 1 is 1.12 bits per heavy atom. The summed E-state index contributed by atoms with van der Waals surface area (Å²) in [5.41, 5.74) is 0.691. The lowest BCUT2D eigenvalue weighted by molar-refractivity contribution is 0.0675. The first-order valence-corrected chi connectivity index (χ1v) is 10.7. The molecule has 0 radical (unpaired) electrons. The van der Waals surface area contributed by atoms with Crippen molar-refractivity contribution in [2.75, 3.05) is 11.9 Å². The zero-order valence-corrected chi connectivity index (χ0v) is 18.4. The molecule has 0 saturated carbocycles. The van der Waals surface area contributed by atoms with E-state index >= 15 is 0 Å². The predicted octanol–water partition coefficient (Wildman–Crippen LogP) is 2.89. The van der Waals surface area contributed by atoms with Gasteiger partial charge in [0.15, 0.2) is 5.76 Å². The number of pyridine rings is 1. The fourth-order valence-corrected chi connectivity index (χ4v) is 4.11. The normalized spacial score (nSPS) is 12.9.